The number of amides is 1. The van der Waals surface area contributed by atoms with Crippen LogP contribution >= 0.6 is 0 Å². The molecule has 1 amide bonds. The number of carboxylic acid groups (broad SMARTS) is 1. The Bertz CT molecular complexity index is 507. The largest absolute Gasteiger partial charge is 0.481 e. The Balaban J connectivity index is 2.12. The van der Waals surface area contributed by atoms with Crippen LogP contribution < -0.4 is 4.90 Å². The molecule has 1 aromatic rings. The van der Waals surface area contributed by atoms with Crippen LogP contribution in [-0.2, 0) is 9.59 Å². The van der Waals surface area contributed by atoms with E-state index in [-0.39, 0.29) is 18.9 Å². The minimum Gasteiger partial charge on any atom is -0.481 e. The van der Waals surface area contributed by atoms with Crippen LogP contribution in [0, 0.1) is 12.8 Å². The molecule has 0 aromatic heterocycles. The Hall–Kier alpha value is -1.84. The number of carbonyl (C=O) groups excluding carboxylic acids is 1. The topological polar surface area (TPSA) is 57.6 Å². The van der Waals surface area contributed by atoms with Crippen molar-refractivity contribution in [3.63, 3.8) is 0 Å². The Labute approximate surface area is 125 Å². The number of benzene rings is 1. The molecule has 0 atom stereocenters. The molecule has 0 saturated heterocycles. The molecule has 1 aliphatic rings. The summed E-state index contributed by atoms with van der Waals surface area (Å²) in [4.78, 5) is 25.1. The molecule has 114 valence electrons. The van der Waals surface area contributed by atoms with Crippen LogP contribution in [0.1, 0.15) is 44.1 Å². The Morgan fingerprint density at radius 3 is 2.52 bits per heavy atom. The van der Waals surface area contributed by atoms with Crippen LogP contribution in [0.3, 0.4) is 0 Å². The number of carboxylic acids is 1. The standard InChI is InChI=1S/C17H23NO3/c1-13-6-2-5-9-15(13)18(11-10-17(20)21)16(19)12-14-7-3-4-8-14/h2,5-6,9,14H,3-4,7-8,10-12H2,1H3,(H,20,21). The van der Waals surface area contributed by atoms with Crippen molar-refractivity contribution in [3.05, 3.63) is 29.8 Å². The number of carbonyl (C=O) groups is 2. The predicted octanol–water partition coefficient (Wildman–Crippen LogP) is 3.38. The molecule has 2 rings (SSSR count). The average Bonchev–Trinajstić information content (AvgIpc) is 2.93. The van der Waals surface area contributed by atoms with Gasteiger partial charge in [-0.2, -0.15) is 0 Å². The second-order valence-electron chi connectivity index (χ2n) is 5.83. The molecule has 0 aliphatic heterocycles. The molecule has 1 N–H and O–H groups in total. The van der Waals surface area contributed by atoms with E-state index in [2.05, 4.69) is 0 Å². The van der Waals surface area contributed by atoms with E-state index in [0.717, 1.165) is 24.1 Å². The van der Waals surface area contributed by atoms with Crippen molar-refractivity contribution in [2.45, 2.75) is 45.4 Å². The van der Waals surface area contributed by atoms with E-state index in [1.54, 1.807) is 4.90 Å². The van der Waals surface area contributed by atoms with Gasteiger partial charge in [-0.3, -0.25) is 9.59 Å². The zero-order chi connectivity index (χ0) is 15.2. The molecular formula is C17H23NO3. The van der Waals surface area contributed by atoms with Gasteiger partial charge in [0.05, 0.1) is 6.42 Å². The van der Waals surface area contributed by atoms with Gasteiger partial charge in [-0.25, -0.2) is 0 Å². The summed E-state index contributed by atoms with van der Waals surface area (Å²) in [5.41, 5.74) is 1.84. The zero-order valence-electron chi connectivity index (χ0n) is 12.5. The first-order chi connectivity index (χ1) is 10.1. The van der Waals surface area contributed by atoms with Gasteiger partial charge in [-0.15, -0.1) is 0 Å². The molecule has 0 bridgehead atoms. The van der Waals surface area contributed by atoms with Crippen molar-refractivity contribution >= 4 is 17.6 Å². The number of rotatable bonds is 6. The highest BCUT2D eigenvalue weighted by Crippen LogP contribution is 2.29. The number of anilines is 1. The zero-order valence-corrected chi connectivity index (χ0v) is 12.5. The third-order valence-electron chi connectivity index (χ3n) is 4.19. The lowest BCUT2D eigenvalue weighted by atomic mass is 10.0. The third-order valence-corrected chi connectivity index (χ3v) is 4.19. The maximum Gasteiger partial charge on any atom is 0.305 e. The van der Waals surface area contributed by atoms with E-state index < -0.39 is 5.97 Å². The number of para-hydroxylation sites is 1. The fourth-order valence-electron chi connectivity index (χ4n) is 3.02. The Morgan fingerprint density at radius 1 is 1.24 bits per heavy atom. The lowest BCUT2D eigenvalue weighted by Gasteiger charge is -2.25. The summed E-state index contributed by atoms with van der Waals surface area (Å²) < 4.78 is 0. The van der Waals surface area contributed by atoms with Crippen LogP contribution in [-0.4, -0.2) is 23.5 Å². The maximum atomic E-state index is 12.6. The van der Waals surface area contributed by atoms with Gasteiger partial charge in [0.25, 0.3) is 0 Å². The first-order valence-electron chi connectivity index (χ1n) is 7.65. The molecule has 0 unspecified atom stereocenters. The third kappa shape index (κ3) is 4.31. The van der Waals surface area contributed by atoms with Crippen LogP contribution in [0.15, 0.2) is 24.3 Å². The lowest BCUT2D eigenvalue weighted by molar-refractivity contribution is -0.136. The summed E-state index contributed by atoms with van der Waals surface area (Å²) in [6, 6.07) is 7.66. The van der Waals surface area contributed by atoms with E-state index in [1.165, 1.54) is 12.8 Å². The van der Waals surface area contributed by atoms with Gasteiger partial charge in [-0.1, -0.05) is 31.0 Å². The van der Waals surface area contributed by atoms with E-state index in [1.807, 2.05) is 31.2 Å². The number of hydrogen-bond donors (Lipinski definition) is 1. The molecule has 1 aromatic carbocycles. The number of nitrogens with zero attached hydrogens (tertiary/aromatic N) is 1. The summed E-state index contributed by atoms with van der Waals surface area (Å²) in [5.74, 6) is -0.353. The van der Waals surface area contributed by atoms with Gasteiger partial charge >= 0.3 is 5.97 Å². The van der Waals surface area contributed by atoms with Gasteiger partial charge in [0, 0.05) is 18.7 Å². The summed E-state index contributed by atoms with van der Waals surface area (Å²) in [6.45, 7) is 2.19. The van der Waals surface area contributed by atoms with E-state index in [4.69, 9.17) is 5.11 Å². The maximum absolute atomic E-state index is 12.6. The quantitative estimate of drug-likeness (QED) is 0.873. The van der Waals surface area contributed by atoms with E-state index >= 15 is 0 Å². The van der Waals surface area contributed by atoms with Gasteiger partial charge in [0.2, 0.25) is 5.91 Å². The fourth-order valence-corrected chi connectivity index (χ4v) is 3.02. The van der Waals surface area contributed by atoms with Crippen LogP contribution in [0.5, 0.6) is 0 Å². The fraction of sp³-hybridized carbons (Fsp3) is 0.529. The Kier molecular flexibility index (Phi) is 5.37. The number of aliphatic carboxylic acids is 1. The van der Waals surface area contributed by atoms with Crippen molar-refractivity contribution in [2.75, 3.05) is 11.4 Å². The van der Waals surface area contributed by atoms with E-state index in [9.17, 15) is 9.59 Å². The summed E-state index contributed by atoms with van der Waals surface area (Å²) >= 11 is 0. The van der Waals surface area contributed by atoms with Crippen LogP contribution in [0.2, 0.25) is 0 Å². The van der Waals surface area contributed by atoms with Gasteiger partial charge < -0.3 is 10.0 Å². The molecule has 21 heavy (non-hydrogen) atoms. The summed E-state index contributed by atoms with van der Waals surface area (Å²) in [7, 11) is 0. The van der Waals surface area contributed by atoms with Crippen LogP contribution in [0.4, 0.5) is 5.69 Å². The minimum absolute atomic E-state index is 0.0231. The van der Waals surface area contributed by atoms with Crippen molar-refractivity contribution in [1.29, 1.82) is 0 Å². The molecule has 1 saturated carbocycles. The molecule has 0 heterocycles. The molecule has 0 spiro atoms. The molecule has 4 nitrogen and oxygen atoms in total. The first kappa shape index (κ1) is 15.5. The smallest absolute Gasteiger partial charge is 0.305 e. The molecule has 1 fully saturated rings. The average molecular weight is 289 g/mol. The second kappa shape index (κ2) is 7.25. The SMILES string of the molecule is Cc1ccccc1N(CCC(=O)O)C(=O)CC1CCCC1. The van der Waals surface area contributed by atoms with Crippen molar-refractivity contribution in [2.24, 2.45) is 5.92 Å². The van der Waals surface area contributed by atoms with Gasteiger partial charge in [-0.05, 0) is 37.3 Å². The van der Waals surface area contributed by atoms with Gasteiger partial charge in [0.1, 0.15) is 0 Å². The molecule has 1 aliphatic carbocycles. The molecule has 4 heteroatoms. The van der Waals surface area contributed by atoms with Crippen molar-refractivity contribution in [1.82, 2.24) is 0 Å². The number of aryl methyl sites for hydroxylation is 1. The predicted molar refractivity (Wildman–Crippen MR) is 82.4 cm³/mol. The highest BCUT2D eigenvalue weighted by atomic mass is 16.4. The summed E-state index contributed by atoms with van der Waals surface area (Å²) in [6.07, 6.45) is 5.16. The minimum atomic E-state index is -0.873. The first-order valence-corrected chi connectivity index (χ1v) is 7.65. The lowest BCUT2D eigenvalue weighted by Crippen LogP contribution is -2.34. The van der Waals surface area contributed by atoms with Crippen molar-refractivity contribution < 1.29 is 14.7 Å². The normalized spacial score (nSPS) is 15.1. The van der Waals surface area contributed by atoms with Crippen molar-refractivity contribution in [3.8, 4) is 0 Å². The molecule has 0 radical (unpaired) electrons. The Morgan fingerprint density at radius 2 is 1.90 bits per heavy atom. The molecular weight excluding hydrogens is 266 g/mol. The highest BCUT2D eigenvalue weighted by Gasteiger charge is 2.24. The monoisotopic (exact) mass is 289 g/mol. The second-order valence-corrected chi connectivity index (χ2v) is 5.83. The van der Waals surface area contributed by atoms with E-state index in [0.29, 0.717) is 12.3 Å². The van der Waals surface area contributed by atoms with Gasteiger partial charge in [0.15, 0.2) is 0 Å². The number of hydrogen-bond acceptors (Lipinski definition) is 2. The van der Waals surface area contributed by atoms with Crippen LogP contribution in [0.25, 0.3) is 0 Å². The summed E-state index contributed by atoms with van der Waals surface area (Å²) in [5, 5.41) is 8.91. The highest BCUT2D eigenvalue weighted by molar-refractivity contribution is 5.94.